The quantitative estimate of drug-likeness (QED) is 0.802. The molecule has 1 aliphatic carbocycles. The second-order valence-electron chi connectivity index (χ2n) is 4.74. The molecule has 3 nitrogen and oxygen atoms in total. The number of hydrogen-bond acceptors (Lipinski definition) is 2. The van der Waals surface area contributed by atoms with Crippen LogP contribution in [0.1, 0.15) is 26.2 Å². The van der Waals surface area contributed by atoms with Crippen molar-refractivity contribution in [3.05, 3.63) is 28.7 Å². The Labute approximate surface area is 117 Å². The molecule has 0 bridgehead atoms. The molecule has 0 N–H and O–H groups in total. The van der Waals surface area contributed by atoms with Crippen LogP contribution in [0.4, 0.5) is 0 Å². The van der Waals surface area contributed by atoms with Crippen molar-refractivity contribution >= 4 is 26.0 Å². The molecular formula is C13H18BrNO2S. The monoisotopic (exact) mass is 331 g/mol. The van der Waals surface area contributed by atoms with Crippen molar-refractivity contribution in [3.63, 3.8) is 0 Å². The molecule has 0 atom stereocenters. The van der Waals surface area contributed by atoms with E-state index in [2.05, 4.69) is 15.9 Å². The highest BCUT2D eigenvalue weighted by Gasteiger charge is 2.31. The predicted octanol–water partition coefficient (Wildman–Crippen LogP) is 3.26. The molecule has 1 saturated carbocycles. The largest absolute Gasteiger partial charge is 0.244 e. The zero-order valence-electron chi connectivity index (χ0n) is 10.5. The van der Waals surface area contributed by atoms with Crippen LogP contribution in [-0.2, 0) is 10.0 Å². The molecule has 2 rings (SSSR count). The van der Waals surface area contributed by atoms with Gasteiger partial charge in [0.05, 0.1) is 4.90 Å². The molecule has 0 saturated heterocycles. The van der Waals surface area contributed by atoms with Gasteiger partial charge in [0.1, 0.15) is 0 Å². The van der Waals surface area contributed by atoms with Crippen molar-refractivity contribution in [2.45, 2.75) is 31.1 Å². The number of sulfonamides is 1. The van der Waals surface area contributed by atoms with Crippen molar-refractivity contribution in [1.29, 1.82) is 0 Å². The van der Waals surface area contributed by atoms with Crippen molar-refractivity contribution in [1.82, 2.24) is 4.31 Å². The lowest BCUT2D eigenvalue weighted by molar-refractivity contribution is 0.395. The Kier molecular flexibility index (Phi) is 4.45. The van der Waals surface area contributed by atoms with Crippen LogP contribution >= 0.6 is 15.9 Å². The highest BCUT2D eigenvalue weighted by atomic mass is 79.9. The summed E-state index contributed by atoms with van der Waals surface area (Å²) < 4.78 is 27.5. The molecule has 1 aromatic carbocycles. The van der Waals surface area contributed by atoms with Crippen molar-refractivity contribution < 1.29 is 8.42 Å². The Hall–Kier alpha value is -0.390. The van der Waals surface area contributed by atoms with Crippen LogP contribution in [-0.4, -0.2) is 25.8 Å². The third-order valence-corrected chi connectivity index (χ3v) is 5.96. The summed E-state index contributed by atoms with van der Waals surface area (Å²) >= 11 is 3.33. The number of rotatable bonds is 6. The molecule has 0 radical (unpaired) electrons. The first-order valence-electron chi connectivity index (χ1n) is 6.30. The Morgan fingerprint density at radius 2 is 2.00 bits per heavy atom. The Bertz CT molecular complexity index is 511. The Morgan fingerprint density at radius 3 is 2.56 bits per heavy atom. The molecular weight excluding hydrogens is 314 g/mol. The number of halogens is 1. The first-order valence-corrected chi connectivity index (χ1v) is 8.53. The van der Waals surface area contributed by atoms with E-state index < -0.39 is 10.0 Å². The first kappa shape index (κ1) is 14.0. The zero-order valence-corrected chi connectivity index (χ0v) is 12.9. The van der Waals surface area contributed by atoms with Crippen molar-refractivity contribution in [3.8, 4) is 0 Å². The van der Waals surface area contributed by atoms with Gasteiger partial charge >= 0.3 is 0 Å². The second kappa shape index (κ2) is 5.72. The Morgan fingerprint density at radius 1 is 1.33 bits per heavy atom. The van der Waals surface area contributed by atoms with Crippen LogP contribution in [0.25, 0.3) is 0 Å². The molecule has 0 heterocycles. The average Bonchev–Trinajstić information content (AvgIpc) is 3.13. The van der Waals surface area contributed by atoms with Crippen LogP contribution in [0.5, 0.6) is 0 Å². The van der Waals surface area contributed by atoms with Gasteiger partial charge in [0, 0.05) is 17.6 Å². The average molecular weight is 332 g/mol. The predicted molar refractivity (Wildman–Crippen MR) is 75.9 cm³/mol. The highest BCUT2D eigenvalue weighted by Crippen LogP contribution is 2.32. The van der Waals surface area contributed by atoms with Gasteiger partial charge < -0.3 is 0 Å². The maximum absolute atomic E-state index is 12.6. The molecule has 18 heavy (non-hydrogen) atoms. The van der Waals surface area contributed by atoms with Crippen molar-refractivity contribution in [2.24, 2.45) is 5.92 Å². The zero-order chi connectivity index (χ0) is 13.2. The molecule has 0 aliphatic heterocycles. The van der Waals surface area contributed by atoms with Gasteiger partial charge in [-0.15, -0.1) is 0 Å². The molecule has 100 valence electrons. The summed E-state index contributed by atoms with van der Waals surface area (Å²) in [6.07, 6.45) is 3.16. The summed E-state index contributed by atoms with van der Waals surface area (Å²) in [4.78, 5) is 0.374. The summed E-state index contributed by atoms with van der Waals surface area (Å²) in [5.41, 5.74) is 0. The summed E-state index contributed by atoms with van der Waals surface area (Å²) in [7, 11) is -3.36. The molecule has 5 heteroatoms. The molecule has 0 unspecified atom stereocenters. The number of nitrogens with zero attached hydrogens (tertiary/aromatic N) is 1. The van der Waals surface area contributed by atoms with Gasteiger partial charge in [-0.05, 0) is 53.2 Å². The van der Waals surface area contributed by atoms with E-state index in [-0.39, 0.29) is 0 Å². The second-order valence-corrected chi connectivity index (χ2v) is 7.50. The van der Waals surface area contributed by atoms with Crippen LogP contribution in [0.15, 0.2) is 33.6 Å². The van der Waals surface area contributed by atoms with E-state index in [1.807, 2.05) is 13.0 Å². The van der Waals surface area contributed by atoms with E-state index in [4.69, 9.17) is 0 Å². The van der Waals surface area contributed by atoms with Crippen LogP contribution in [0.3, 0.4) is 0 Å². The normalized spacial score (nSPS) is 16.2. The van der Waals surface area contributed by atoms with E-state index >= 15 is 0 Å². The van der Waals surface area contributed by atoms with Gasteiger partial charge in [0.25, 0.3) is 0 Å². The topological polar surface area (TPSA) is 37.4 Å². The van der Waals surface area contributed by atoms with E-state index in [1.165, 1.54) is 0 Å². The first-order chi connectivity index (χ1) is 8.55. The lowest BCUT2D eigenvalue weighted by atomic mass is 10.4. The molecule has 0 amide bonds. The lowest BCUT2D eigenvalue weighted by Crippen LogP contribution is -2.33. The van der Waals surface area contributed by atoms with E-state index in [0.717, 1.165) is 19.3 Å². The summed E-state index contributed by atoms with van der Waals surface area (Å²) in [5.74, 6) is 0.564. The third kappa shape index (κ3) is 3.13. The molecule has 0 spiro atoms. The molecule has 1 aromatic rings. The minimum atomic E-state index is -3.36. The van der Waals surface area contributed by atoms with Crippen LogP contribution in [0.2, 0.25) is 0 Å². The van der Waals surface area contributed by atoms with Gasteiger partial charge in [-0.2, -0.15) is 4.31 Å². The fourth-order valence-electron chi connectivity index (χ4n) is 1.94. The van der Waals surface area contributed by atoms with Gasteiger partial charge in [0.2, 0.25) is 10.0 Å². The summed E-state index contributed by atoms with van der Waals surface area (Å²) in [6.45, 7) is 3.27. The lowest BCUT2D eigenvalue weighted by Gasteiger charge is -2.22. The van der Waals surface area contributed by atoms with Gasteiger partial charge in [0.15, 0.2) is 0 Å². The van der Waals surface area contributed by atoms with E-state index in [9.17, 15) is 8.42 Å². The standard InChI is InChI=1S/C13H18BrNO2S/c1-2-9-15(10-11-7-8-11)18(16,17)13-6-4-3-5-12(13)14/h3-6,11H,2,7-10H2,1H3. The molecule has 0 aromatic heterocycles. The SMILES string of the molecule is CCCN(CC1CC1)S(=O)(=O)c1ccccc1Br. The van der Waals surface area contributed by atoms with Crippen molar-refractivity contribution in [2.75, 3.05) is 13.1 Å². The van der Waals surface area contributed by atoms with Gasteiger partial charge in [-0.25, -0.2) is 8.42 Å². The minimum absolute atomic E-state index is 0.374. The number of hydrogen-bond donors (Lipinski definition) is 0. The fourth-order valence-corrected chi connectivity index (χ4v) is 4.51. The van der Waals surface area contributed by atoms with Crippen LogP contribution < -0.4 is 0 Å². The maximum atomic E-state index is 12.6. The highest BCUT2D eigenvalue weighted by molar-refractivity contribution is 9.10. The third-order valence-electron chi connectivity index (χ3n) is 3.09. The maximum Gasteiger partial charge on any atom is 0.244 e. The number of benzene rings is 1. The minimum Gasteiger partial charge on any atom is -0.207 e. The molecule has 1 fully saturated rings. The Balaban J connectivity index is 2.28. The van der Waals surface area contributed by atoms with Gasteiger partial charge in [-0.3, -0.25) is 0 Å². The van der Waals surface area contributed by atoms with Crippen LogP contribution in [0, 0.1) is 5.92 Å². The smallest absolute Gasteiger partial charge is 0.207 e. The van der Waals surface area contributed by atoms with Gasteiger partial charge in [-0.1, -0.05) is 19.1 Å². The summed E-state index contributed by atoms with van der Waals surface area (Å²) in [5, 5.41) is 0. The van der Waals surface area contributed by atoms with E-state index in [0.29, 0.717) is 28.4 Å². The summed E-state index contributed by atoms with van der Waals surface area (Å²) in [6, 6.07) is 7.02. The fraction of sp³-hybridized carbons (Fsp3) is 0.538. The van der Waals surface area contributed by atoms with E-state index in [1.54, 1.807) is 22.5 Å². The molecule has 1 aliphatic rings.